The lowest BCUT2D eigenvalue weighted by Crippen LogP contribution is -2.31. The molecule has 0 radical (unpaired) electrons. The van der Waals surface area contributed by atoms with Crippen LogP contribution in [0.25, 0.3) is 5.69 Å². The van der Waals surface area contributed by atoms with E-state index in [1.165, 1.54) is 23.9 Å². The van der Waals surface area contributed by atoms with Gasteiger partial charge in [0.2, 0.25) is 5.91 Å². The molecule has 196 valence electrons. The first kappa shape index (κ1) is 27.1. The fourth-order valence-electron chi connectivity index (χ4n) is 4.15. The molecule has 0 aliphatic rings. The second kappa shape index (κ2) is 13.5. The van der Waals surface area contributed by atoms with Gasteiger partial charge in [0.1, 0.15) is 0 Å². The smallest absolute Gasteiger partial charge is 0.269 e. The van der Waals surface area contributed by atoms with E-state index in [0.717, 1.165) is 30.4 Å². The van der Waals surface area contributed by atoms with Gasteiger partial charge in [-0.05, 0) is 36.1 Å². The molecule has 0 bridgehead atoms. The number of aromatic nitrogens is 3. The van der Waals surface area contributed by atoms with Gasteiger partial charge in [-0.2, -0.15) is 0 Å². The van der Waals surface area contributed by atoms with Crippen molar-refractivity contribution >= 4 is 23.4 Å². The van der Waals surface area contributed by atoms with Gasteiger partial charge in [0.05, 0.1) is 11.0 Å². The van der Waals surface area contributed by atoms with Crippen molar-refractivity contribution < 1.29 is 9.72 Å². The Kier molecular flexibility index (Phi) is 9.64. The Morgan fingerprint density at radius 1 is 0.947 bits per heavy atom. The number of carbonyl (C=O) groups excluding carboxylic acids is 1. The van der Waals surface area contributed by atoms with Crippen molar-refractivity contribution in [2.75, 3.05) is 0 Å². The Hall–Kier alpha value is -3.98. The Labute approximate surface area is 226 Å². The fraction of sp³-hybridized carbons (Fsp3) is 0.276. The Bertz CT molecular complexity index is 1330. The third kappa shape index (κ3) is 7.29. The molecule has 1 heterocycles. The van der Waals surface area contributed by atoms with Gasteiger partial charge in [-0.15, -0.1) is 10.2 Å². The molecule has 1 aromatic heterocycles. The zero-order chi connectivity index (χ0) is 26.7. The molecule has 4 aromatic rings. The average molecular weight is 530 g/mol. The van der Waals surface area contributed by atoms with Gasteiger partial charge in [0.25, 0.3) is 5.69 Å². The van der Waals surface area contributed by atoms with E-state index < -0.39 is 11.0 Å². The Morgan fingerprint density at radius 3 is 2.24 bits per heavy atom. The zero-order valence-corrected chi connectivity index (χ0v) is 22.1. The minimum absolute atomic E-state index is 0.00641. The number of non-ortho nitro benzene ring substituents is 1. The van der Waals surface area contributed by atoms with Gasteiger partial charge in [-0.25, -0.2) is 0 Å². The number of carbonyl (C=O) groups is 1. The second-order valence-electron chi connectivity index (χ2n) is 8.99. The summed E-state index contributed by atoms with van der Waals surface area (Å²) >= 11 is 1.53. The number of benzene rings is 3. The first-order chi connectivity index (χ1) is 18.5. The van der Waals surface area contributed by atoms with Crippen LogP contribution in [-0.4, -0.2) is 25.6 Å². The molecule has 1 atom stereocenters. The van der Waals surface area contributed by atoms with E-state index in [2.05, 4.69) is 34.6 Å². The van der Waals surface area contributed by atoms with Crippen LogP contribution in [0.4, 0.5) is 5.69 Å². The summed E-state index contributed by atoms with van der Waals surface area (Å²) in [6.45, 7) is 2.11. The Morgan fingerprint density at radius 2 is 1.61 bits per heavy atom. The molecule has 1 amide bonds. The molecular weight excluding hydrogens is 498 g/mol. The second-order valence-corrected chi connectivity index (χ2v) is 9.93. The third-order valence-corrected chi connectivity index (χ3v) is 7.12. The van der Waals surface area contributed by atoms with Crippen molar-refractivity contribution in [1.29, 1.82) is 0 Å². The summed E-state index contributed by atoms with van der Waals surface area (Å²) < 4.78 is 1.90. The van der Waals surface area contributed by atoms with E-state index in [0.29, 0.717) is 35.3 Å². The normalized spacial score (nSPS) is 11.7. The van der Waals surface area contributed by atoms with E-state index in [-0.39, 0.29) is 11.6 Å². The number of nitrogens with zero attached hydrogens (tertiary/aromatic N) is 4. The van der Waals surface area contributed by atoms with Crippen LogP contribution in [-0.2, 0) is 17.0 Å². The van der Waals surface area contributed by atoms with Crippen LogP contribution in [0.5, 0.6) is 0 Å². The maximum Gasteiger partial charge on any atom is 0.269 e. The number of nitro benzene ring substituents is 1. The van der Waals surface area contributed by atoms with E-state index in [1.807, 2.05) is 53.1 Å². The molecule has 1 N–H and O–H groups in total. The fourth-order valence-corrected chi connectivity index (χ4v) is 5.06. The number of amides is 1. The minimum Gasteiger partial charge on any atom is -0.346 e. The number of thioether (sulfide) groups is 1. The molecule has 0 spiro atoms. The van der Waals surface area contributed by atoms with E-state index in [1.54, 1.807) is 12.1 Å². The number of rotatable bonds is 13. The van der Waals surface area contributed by atoms with Gasteiger partial charge in [0.15, 0.2) is 11.0 Å². The van der Waals surface area contributed by atoms with E-state index in [4.69, 9.17) is 0 Å². The third-order valence-electron chi connectivity index (χ3n) is 6.12. The SMILES string of the molecule is CCCCCC(=O)NC(Cc1ccccc1)c1nnc(SCc2ccccc2)n1-c1ccc([N+](=O)[O-])cc1. The molecule has 38 heavy (non-hydrogen) atoms. The molecule has 3 aromatic carbocycles. The maximum atomic E-state index is 12.9. The monoisotopic (exact) mass is 529 g/mol. The van der Waals surface area contributed by atoms with Crippen LogP contribution >= 0.6 is 11.8 Å². The number of unbranched alkanes of at least 4 members (excludes halogenated alkanes) is 2. The standard InChI is InChI=1S/C29H31N5O3S/c1-2-3-6-15-27(35)30-26(20-22-11-7-4-8-12-22)28-31-32-29(38-21-23-13-9-5-10-14-23)33(28)24-16-18-25(19-17-24)34(36)37/h4-5,7-14,16-19,26H,2-3,6,15,20-21H2,1H3,(H,30,35). The number of hydrogen-bond acceptors (Lipinski definition) is 6. The number of hydrogen-bond donors (Lipinski definition) is 1. The topological polar surface area (TPSA) is 103 Å². The Balaban J connectivity index is 1.71. The van der Waals surface area contributed by atoms with Crippen molar-refractivity contribution in [3.05, 3.63) is 112 Å². The van der Waals surface area contributed by atoms with Crippen LogP contribution in [0.3, 0.4) is 0 Å². The first-order valence-corrected chi connectivity index (χ1v) is 13.7. The highest BCUT2D eigenvalue weighted by molar-refractivity contribution is 7.98. The summed E-state index contributed by atoms with van der Waals surface area (Å²) in [5.41, 5.74) is 2.90. The molecule has 0 fully saturated rings. The highest BCUT2D eigenvalue weighted by Gasteiger charge is 2.25. The van der Waals surface area contributed by atoms with Crippen molar-refractivity contribution in [1.82, 2.24) is 20.1 Å². The lowest BCUT2D eigenvalue weighted by atomic mass is 10.0. The molecule has 9 heteroatoms. The molecule has 1 unspecified atom stereocenters. The molecule has 4 rings (SSSR count). The van der Waals surface area contributed by atoms with E-state index >= 15 is 0 Å². The summed E-state index contributed by atoms with van der Waals surface area (Å²) in [6, 6.07) is 25.9. The highest BCUT2D eigenvalue weighted by atomic mass is 32.2. The number of nitro groups is 1. The predicted octanol–water partition coefficient (Wildman–Crippen LogP) is 6.45. The number of nitrogens with one attached hydrogen (secondary N) is 1. The molecule has 0 aliphatic carbocycles. The van der Waals surface area contributed by atoms with Gasteiger partial charge in [0, 0.05) is 30.0 Å². The van der Waals surface area contributed by atoms with Crippen LogP contribution < -0.4 is 5.32 Å². The molecule has 8 nitrogen and oxygen atoms in total. The van der Waals surface area contributed by atoms with Crippen LogP contribution in [0, 0.1) is 10.1 Å². The van der Waals surface area contributed by atoms with Crippen LogP contribution in [0.1, 0.15) is 55.6 Å². The van der Waals surface area contributed by atoms with Crippen LogP contribution in [0.2, 0.25) is 0 Å². The van der Waals surface area contributed by atoms with Crippen molar-refractivity contribution in [3.63, 3.8) is 0 Å². The lowest BCUT2D eigenvalue weighted by Gasteiger charge is -2.20. The van der Waals surface area contributed by atoms with Crippen molar-refractivity contribution in [2.24, 2.45) is 0 Å². The summed E-state index contributed by atoms with van der Waals surface area (Å²) in [5, 5.41) is 24.1. The van der Waals surface area contributed by atoms with Gasteiger partial charge < -0.3 is 5.32 Å². The largest absolute Gasteiger partial charge is 0.346 e. The minimum atomic E-state index is -0.430. The summed E-state index contributed by atoms with van der Waals surface area (Å²) in [4.78, 5) is 23.8. The summed E-state index contributed by atoms with van der Waals surface area (Å²) in [7, 11) is 0. The zero-order valence-electron chi connectivity index (χ0n) is 21.3. The maximum absolute atomic E-state index is 12.9. The molecule has 0 saturated heterocycles. The summed E-state index contributed by atoms with van der Waals surface area (Å²) in [6.07, 6.45) is 3.84. The highest BCUT2D eigenvalue weighted by Crippen LogP contribution is 2.30. The van der Waals surface area contributed by atoms with Gasteiger partial charge in [-0.1, -0.05) is 92.2 Å². The van der Waals surface area contributed by atoms with Crippen LogP contribution in [0.15, 0.2) is 90.1 Å². The van der Waals surface area contributed by atoms with Gasteiger partial charge in [-0.3, -0.25) is 19.5 Å². The predicted molar refractivity (Wildman–Crippen MR) is 149 cm³/mol. The van der Waals surface area contributed by atoms with Crippen molar-refractivity contribution in [3.8, 4) is 5.69 Å². The lowest BCUT2D eigenvalue weighted by molar-refractivity contribution is -0.384. The molecular formula is C29H31N5O3S. The summed E-state index contributed by atoms with van der Waals surface area (Å²) in [5.74, 6) is 1.23. The van der Waals surface area contributed by atoms with Gasteiger partial charge >= 0.3 is 0 Å². The van der Waals surface area contributed by atoms with Crippen molar-refractivity contribution in [2.45, 2.75) is 56.0 Å². The van der Waals surface area contributed by atoms with E-state index in [9.17, 15) is 14.9 Å². The average Bonchev–Trinajstić information content (AvgIpc) is 3.37. The first-order valence-electron chi connectivity index (χ1n) is 12.7. The molecule has 0 saturated carbocycles. The molecule has 0 aliphatic heterocycles. The quantitative estimate of drug-likeness (QED) is 0.0924.